The Kier molecular flexibility index (Phi) is 8.07. The topological polar surface area (TPSA) is 98.1 Å². The third-order valence-electron chi connectivity index (χ3n) is 4.24. The second-order valence-corrected chi connectivity index (χ2v) is 8.18. The highest BCUT2D eigenvalue weighted by Crippen LogP contribution is 2.24. The van der Waals surface area contributed by atoms with E-state index < -0.39 is 0 Å². The number of amides is 2. The third-order valence-corrected chi connectivity index (χ3v) is 5.96. The van der Waals surface area contributed by atoms with Gasteiger partial charge in [-0.15, -0.1) is 10.2 Å². The molecule has 0 atom stereocenters. The summed E-state index contributed by atoms with van der Waals surface area (Å²) in [5, 5.41) is 14.5. The molecule has 31 heavy (non-hydrogen) atoms. The number of hydrogen-bond acceptors (Lipinski definition) is 6. The van der Waals surface area contributed by atoms with Crippen molar-refractivity contribution in [1.82, 2.24) is 20.1 Å². The number of halogens is 1. The molecule has 0 spiro atoms. The molecule has 0 aliphatic heterocycles. The molecule has 2 N–H and O–H groups in total. The van der Waals surface area contributed by atoms with Crippen LogP contribution in [0.5, 0.6) is 5.75 Å². The van der Waals surface area contributed by atoms with Gasteiger partial charge in [0.1, 0.15) is 5.75 Å². The van der Waals surface area contributed by atoms with Crippen LogP contribution in [-0.4, -0.2) is 38.9 Å². The van der Waals surface area contributed by atoms with E-state index in [1.807, 2.05) is 37.3 Å². The zero-order valence-corrected chi connectivity index (χ0v) is 19.5. The van der Waals surface area contributed by atoms with Crippen molar-refractivity contribution in [3.8, 4) is 5.75 Å². The lowest BCUT2D eigenvalue weighted by Crippen LogP contribution is -2.24. The van der Waals surface area contributed by atoms with Crippen molar-refractivity contribution in [2.45, 2.75) is 18.6 Å². The highest BCUT2D eigenvalue weighted by molar-refractivity contribution is 9.10. The predicted molar refractivity (Wildman–Crippen MR) is 123 cm³/mol. The summed E-state index contributed by atoms with van der Waals surface area (Å²) in [5.41, 5.74) is 1.17. The van der Waals surface area contributed by atoms with Crippen LogP contribution in [0, 0.1) is 0 Å². The molecular formula is C21H22BrN5O3S. The molecule has 162 valence electrons. The first kappa shape index (κ1) is 22.8. The van der Waals surface area contributed by atoms with Crippen molar-refractivity contribution in [2.24, 2.45) is 7.05 Å². The Morgan fingerprint density at radius 2 is 1.87 bits per heavy atom. The van der Waals surface area contributed by atoms with Gasteiger partial charge in [0.25, 0.3) is 5.91 Å². The molecule has 0 unspecified atom stereocenters. The van der Waals surface area contributed by atoms with Crippen LogP contribution >= 0.6 is 27.7 Å². The van der Waals surface area contributed by atoms with Crippen molar-refractivity contribution < 1.29 is 14.3 Å². The van der Waals surface area contributed by atoms with Crippen molar-refractivity contribution in [3.05, 3.63) is 64.4 Å². The number of carbonyl (C=O) groups excluding carboxylic acids is 2. The average molecular weight is 504 g/mol. The quantitative estimate of drug-likeness (QED) is 0.432. The lowest BCUT2D eigenvalue weighted by Gasteiger charge is -2.11. The smallest absolute Gasteiger partial charge is 0.252 e. The molecule has 10 heteroatoms. The number of hydrogen-bond donors (Lipinski definition) is 2. The first-order valence-corrected chi connectivity index (χ1v) is 11.3. The molecule has 2 aromatic carbocycles. The summed E-state index contributed by atoms with van der Waals surface area (Å²) in [4.78, 5) is 24.7. The second-order valence-electron chi connectivity index (χ2n) is 6.39. The first-order valence-electron chi connectivity index (χ1n) is 9.55. The molecule has 0 radical (unpaired) electrons. The Morgan fingerprint density at radius 1 is 1.13 bits per heavy atom. The fourth-order valence-electron chi connectivity index (χ4n) is 2.69. The fourth-order valence-corrected chi connectivity index (χ4v) is 3.89. The molecule has 0 aliphatic carbocycles. The summed E-state index contributed by atoms with van der Waals surface area (Å²) >= 11 is 4.63. The van der Waals surface area contributed by atoms with Crippen LogP contribution in [0.1, 0.15) is 23.1 Å². The molecule has 0 bridgehead atoms. The van der Waals surface area contributed by atoms with Gasteiger partial charge in [-0.25, -0.2) is 0 Å². The second kappa shape index (κ2) is 11.0. The number of rotatable bonds is 9. The summed E-state index contributed by atoms with van der Waals surface area (Å²) < 4.78 is 8.00. The van der Waals surface area contributed by atoms with Gasteiger partial charge < -0.3 is 19.9 Å². The van der Waals surface area contributed by atoms with Crippen molar-refractivity contribution >= 4 is 45.2 Å². The highest BCUT2D eigenvalue weighted by atomic mass is 79.9. The maximum Gasteiger partial charge on any atom is 0.252 e. The maximum absolute atomic E-state index is 12.4. The summed E-state index contributed by atoms with van der Waals surface area (Å²) in [6.45, 7) is 2.63. The van der Waals surface area contributed by atoms with Crippen LogP contribution in [-0.2, 0) is 18.4 Å². The van der Waals surface area contributed by atoms with E-state index in [-0.39, 0.29) is 24.1 Å². The molecule has 0 aliphatic rings. The third kappa shape index (κ3) is 6.08. The Bertz CT molecular complexity index is 1070. The van der Waals surface area contributed by atoms with Crippen LogP contribution in [0.15, 0.2) is 58.2 Å². The lowest BCUT2D eigenvalue weighted by molar-refractivity contribution is -0.113. The summed E-state index contributed by atoms with van der Waals surface area (Å²) in [7, 11) is 1.80. The Labute approximate surface area is 192 Å². The Hall–Kier alpha value is -2.85. The Balaban J connectivity index is 1.54. The molecular weight excluding hydrogens is 482 g/mol. The van der Waals surface area contributed by atoms with E-state index in [0.717, 1.165) is 4.47 Å². The number of aromatic nitrogens is 3. The van der Waals surface area contributed by atoms with E-state index in [4.69, 9.17) is 4.74 Å². The van der Waals surface area contributed by atoms with Gasteiger partial charge in [0, 0.05) is 11.5 Å². The number of anilines is 1. The molecule has 2 amide bonds. The summed E-state index contributed by atoms with van der Waals surface area (Å²) in [6.07, 6.45) is 0. The number of ether oxygens (including phenoxy) is 1. The minimum atomic E-state index is -0.211. The zero-order chi connectivity index (χ0) is 22.2. The van der Waals surface area contributed by atoms with Gasteiger partial charge in [-0.3, -0.25) is 9.59 Å². The molecule has 0 saturated heterocycles. The van der Waals surface area contributed by atoms with E-state index in [0.29, 0.717) is 34.6 Å². The van der Waals surface area contributed by atoms with Crippen molar-refractivity contribution in [1.29, 1.82) is 0 Å². The fraction of sp³-hybridized carbons (Fsp3) is 0.238. The largest absolute Gasteiger partial charge is 0.492 e. The zero-order valence-electron chi connectivity index (χ0n) is 17.1. The van der Waals surface area contributed by atoms with Gasteiger partial charge in [-0.05, 0) is 47.1 Å². The van der Waals surface area contributed by atoms with E-state index >= 15 is 0 Å². The van der Waals surface area contributed by atoms with Gasteiger partial charge in [0.2, 0.25) is 5.91 Å². The molecule has 0 fully saturated rings. The molecule has 1 heterocycles. The number of carbonyl (C=O) groups is 2. The SMILES string of the molecule is CCOc1ccccc1NC(=O)CSc1nnc(CNC(=O)c2ccccc2Br)n1C. The number of nitrogens with one attached hydrogen (secondary N) is 2. The van der Waals surface area contributed by atoms with E-state index in [1.54, 1.807) is 29.8 Å². The van der Waals surface area contributed by atoms with Gasteiger partial charge >= 0.3 is 0 Å². The molecule has 1 aromatic heterocycles. The summed E-state index contributed by atoms with van der Waals surface area (Å²) in [6, 6.07) is 14.5. The first-order chi connectivity index (χ1) is 15.0. The van der Waals surface area contributed by atoms with Gasteiger partial charge in [0.15, 0.2) is 11.0 Å². The highest BCUT2D eigenvalue weighted by Gasteiger charge is 2.15. The van der Waals surface area contributed by atoms with Crippen LogP contribution in [0.3, 0.4) is 0 Å². The van der Waals surface area contributed by atoms with Gasteiger partial charge in [-0.1, -0.05) is 36.0 Å². The van der Waals surface area contributed by atoms with E-state index in [1.165, 1.54) is 11.8 Å². The maximum atomic E-state index is 12.4. The van der Waals surface area contributed by atoms with Crippen LogP contribution < -0.4 is 15.4 Å². The van der Waals surface area contributed by atoms with E-state index in [9.17, 15) is 9.59 Å². The predicted octanol–water partition coefficient (Wildman–Crippen LogP) is 3.64. The van der Waals surface area contributed by atoms with Gasteiger partial charge in [-0.2, -0.15) is 0 Å². The average Bonchev–Trinajstić information content (AvgIpc) is 3.12. The number of benzene rings is 2. The van der Waals surface area contributed by atoms with E-state index in [2.05, 4.69) is 36.8 Å². The molecule has 8 nitrogen and oxygen atoms in total. The lowest BCUT2D eigenvalue weighted by atomic mass is 10.2. The molecule has 3 aromatic rings. The van der Waals surface area contributed by atoms with Crippen LogP contribution in [0.4, 0.5) is 5.69 Å². The molecule has 0 saturated carbocycles. The number of nitrogens with zero attached hydrogens (tertiary/aromatic N) is 3. The van der Waals surface area contributed by atoms with Crippen molar-refractivity contribution in [3.63, 3.8) is 0 Å². The minimum Gasteiger partial charge on any atom is -0.492 e. The van der Waals surface area contributed by atoms with Crippen LogP contribution in [0.2, 0.25) is 0 Å². The molecule has 3 rings (SSSR count). The number of thioether (sulfide) groups is 1. The number of para-hydroxylation sites is 2. The minimum absolute atomic E-state index is 0.162. The summed E-state index contributed by atoms with van der Waals surface area (Å²) in [5.74, 6) is 0.992. The van der Waals surface area contributed by atoms with Crippen molar-refractivity contribution in [2.75, 3.05) is 17.7 Å². The Morgan fingerprint density at radius 3 is 2.65 bits per heavy atom. The monoisotopic (exact) mass is 503 g/mol. The van der Waals surface area contributed by atoms with Crippen LogP contribution in [0.25, 0.3) is 0 Å². The standard InChI is InChI=1S/C21H22BrN5O3S/c1-3-30-17-11-7-6-10-16(17)24-19(28)13-31-21-26-25-18(27(21)2)12-23-20(29)14-8-4-5-9-15(14)22/h4-11H,3,12-13H2,1-2H3,(H,23,29)(H,24,28). The van der Waals surface area contributed by atoms with Gasteiger partial charge in [0.05, 0.1) is 30.2 Å². The normalized spacial score (nSPS) is 10.5.